The average molecular weight is 155 g/mol. The fourth-order valence-electron chi connectivity index (χ4n) is 0.342. The molecule has 0 spiro atoms. The Kier molecular flexibility index (Phi) is 5.03. The van der Waals surface area contributed by atoms with Crippen LogP contribution in [0.15, 0.2) is 29.8 Å². The van der Waals surface area contributed by atoms with Crippen LogP contribution >= 0.6 is 11.8 Å². The highest BCUT2D eigenvalue weighted by atomic mass is 32.2. The summed E-state index contributed by atoms with van der Waals surface area (Å²) in [5.74, 6) is 0. The fourth-order valence-corrected chi connectivity index (χ4v) is 0.536. The molecule has 0 N–H and O–H groups in total. The maximum absolute atomic E-state index is 4.22. The topological polar surface area (TPSA) is 12.4 Å². The van der Waals surface area contributed by atoms with Gasteiger partial charge < -0.3 is 0 Å². The van der Waals surface area contributed by atoms with Gasteiger partial charge in [0, 0.05) is 0 Å². The first-order valence-corrected chi connectivity index (χ1v) is 4.28. The Morgan fingerprint density at radius 2 is 2.30 bits per heavy atom. The lowest BCUT2D eigenvalue weighted by atomic mass is 10.3. The molecule has 0 fully saturated rings. The average Bonchev–Trinajstić information content (AvgIpc) is 1.99. The quantitative estimate of drug-likeness (QED) is 0.346. The summed E-state index contributed by atoms with van der Waals surface area (Å²) in [4.78, 5) is 4.22. The number of hydrogen-bond acceptors (Lipinski definition) is 2. The summed E-state index contributed by atoms with van der Waals surface area (Å²) >= 11 is 1.65. The lowest BCUT2D eigenvalue weighted by Gasteiger charge is -1.94. The first-order valence-electron chi connectivity index (χ1n) is 3.06. The van der Waals surface area contributed by atoms with E-state index in [1.54, 1.807) is 17.8 Å². The molecular weight excluding hydrogens is 142 g/mol. The summed E-state index contributed by atoms with van der Waals surface area (Å²) in [6, 6.07) is 0. The predicted octanol–water partition coefficient (Wildman–Crippen LogP) is 2.51. The maximum Gasteiger partial charge on any atom is 0.0646 e. The van der Waals surface area contributed by atoms with E-state index >= 15 is 0 Å². The van der Waals surface area contributed by atoms with Gasteiger partial charge in [0.25, 0.3) is 0 Å². The molecule has 10 heavy (non-hydrogen) atoms. The number of thioether (sulfide) groups is 1. The lowest BCUT2D eigenvalue weighted by molar-refractivity contribution is 1.20. The van der Waals surface area contributed by atoms with E-state index in [-0.39, 0.29) is 0 Å². The maximum atomic E-state index is 4.22. The molecule has 0 aliphatic heterocycles. The minimum Gasteiger partial charge on any atom is -0.279 e. The molecule has 1 nitrogen and oxygen atoms in total. The van der Waals surface area contributed by atoms with Crippen molar-refractivity contribution in [2.24, 2.45) is 4.99 Å². The van der Waals surface area contributed by atoms with Gasteiger partial charge in [-0.3, -0.25) is 4.99 Å². The van der Waals surface area contributed by atoms with Crippen molar-refractivity contribution in [1.29, 1.82) is 0 Å². The van der Waals surface area contributed by atoms with Crippen molar-refractivity contribution >= 4 is 16.8 Å². The molecule has 0 heterocycles. The SMILES string of the molecule is C=CC(=C)CN=C(C)SC. The van der Waals surface area contributed by atoms with Gasteiger partial charge in [-0.15, -0.1) is 11.8 Å². The zero-order valence-corrected chi connectivity index (χ0v) is 7.37. The third kappa shape index (κ3) is 4.39. The normalized spacial score (nSPS) is 11.2. The molecule has 0 unspecified atom stereocenters. The van der Waals surface area contributed by atoms with E-state index in [1.807, 2.05) is 13.2 Å². The van der Waals surface area contributed by atoms with Crippen LogP contribution in [0.3, 0.4) is 0 Å². The van der Waals surface area contributed by atoms with Crippen LogP contribution in [0.4, 0.5) is 0 Å². The monoisotopic (exact) mass is 155 g/mol. The largest absolute Gasteiger partial charge is 0.279 e. The molecule has 0 bridgehead atoms. The molecule has 0 atom stereocenters. The molecule has 0 aromatic heterocycles. The van der Waals surface area contributed by atoms with Crippen LogP contribution in [-0.2, 0) is 0 Å². The van der Waals surface area contributed by atoms with Gasteiger partial charge in [-0.25, -0.2) is 0 Å². The molecule has 0 aliphatic carbocycles. The summed E-state index contributed by atoms with van der Waals surface area (Å²) in [5.41, 5.74) is 0.966. The van der Waals surface area contributed by atoms with E-state index < -0.39 is 0 Å². The van der Waals surface area contributed by atoms with Crippen LogP contribution in [0.25, 0.3) is 0 Å². The van der Waals surface area contributed by atoms with E-state index in [0.717, 1.165) is 10.6 Å². The first-order chi connectivity index (χ1) is 4.70. The molecule has 0 rings (SSSR count). The second-order valence-electron chi connectivity index (χ2n) is 1.90. The number of nitrogens with zero attached hydrogens (tertiary/aromatic N) is 1. The van der Waals surface area contributed by atoms with Gasteiger partial charge in [0.05, 0.1) is 11.6 Å². The van der Waals surface area contributed by atoms with Crippen molar-refractivity contribution in [3.63, 3.8) is 0 Å². The Morgan fingerprint density at radius 3 is 2.70 bits per heavy atom. The van der Waals surface area contributed by atoms with Crippen LogP contribution < -0.4 is 0 Å². The van der Waals surface area contributed by atoms with Gasteiger partial charge in [-0.05, 0) is 18.8 Å². The van der Waals surface area contributed by atoms with Gasteiger partial charge in [0.15, 0.2) is 0 Å². The minimum absolute atomic E-state index is 0.677. The molecule has 2 heteroatoms. The molecule has 56 valence electrons. The van der Waals surface area contributed by atoms with Gasteiger partial charge in [-0.2, -0.15) is 0 Å². The Morgan fingerprint density at radius 1 is 1.70 bits per heavy atom. The summed E-state index contributed by atoms with van der Waals surface area (Å²) in [6.07, 6.45) is 3.74. The number of hydrogen-bond donors (Lipinski definition) is 0. The van der Waals surface area contributed by atoms with Crippen molar-refractivity contribution in [3.05, 3.63) is 24.8 Å². The third-order valence-electron chi connectivity index (χ3n) is 1.09. The smallest absolute Gasteiger partial charge is 0.0646 e. The zero-order chi connectivity index (χ0) is 7.98. The molecule has 0 amide bonds. The van der Waals surface area contributed by atoms with Gasteiger partial charge in [-0.1, -0.05) is 19.2 Å². The molecular formula is C8H13NS. The first kappa shape index (κ1) is 9.50. The second-order valence-corrected chi connectivity index (χ2v) is 2.90. The summed E-state index contributed by atoms with van der Waals surface area (Å²) in [6.45, 7) is 10.00. The third-order valence-corrected chi connectivity index (χ3v) is 1.81. The van der Waals surface area contributed by atoms with Crippen LogP contribution in [0, 0.1) is 0 Å². The van der Waals surface area contributed by atoms with Crippen molar-refractivity contribution in [2.45, 2.75) is 6.92 Å². The van der Waals surface area contributed by atoms with E-state index in [1.165, 1.54) is 0 Å². The van der Waals surface area contributed by atoms with Gasteiger partial charge >= 0.3 is 0 Å². The van der Waals surface area contributed by atoms with Crippen molar-refractivity contribution < 1.29 is 0 Å². The van der Waals surface area contributed by atoms with Gasteiger partial charge in [0.2, 0.25) is 0 Å². The van der Waals surface area contributed by atoms with Crippen molar-refractivity contribution in [1.82, 2.24) is 0 Å². The van der Waals surface area contributed by atoms with Crippen molar-refractivity contribution in [3.8, 4) is 0 Å². The highest BCUT2D eigenvalue weighted by Crippen LogP contribution is 1.99. The van der Waals surface area contributed by atoms with E-state index in [2.05, 4.69) is 18.2 Å². The highest BCUT2D eigenvalue weighted by Gasteiger charge is 1.86. The molecule has 0 saturated heterocycles. The highest BCUT2D eigenvalue weighted by molar-refractivity contribution is 8.13. The minimum atomic E-state index is 0.677. The Hall–Kier alpha value is -0.500. The molecule has 0 radical (unpaired) electrons. The summed E-state index contributed by atoms with van der Waals surface area (Å²) < 4.78 is 0. The van der Waals surface area contributed by atoms with Crippen LogP contribution in [-0.4, -0.2) is 17.8 Å². The fraction of sp³-hybridized carbons (Fsp3) is 0.375. The van der Waals surface area contributed by atoms with E-state index in [0.29, 0.717) is 6.54 Å². The lowest BCUT2D eigenvalue weighted by Crippen LogP contribution is -1.87. The molecule has 0 saturated carbocycles. The van der Waals surface area contributed by atoms with Crippen LogP contribution in [0.2, 0.25) is 0 Å². The Labute approximate surface area is 66.9 Å². The molecule has 0 aromatic rings. The zero-order valence-electron chi connectivity index (χ0n) is 6.55. The van der Waals surface area contributed by atoms with Crippen LogP contribution in [0.5, 0.6) is 0 Å². The summed E-state index contributed by atoms with van der Waals surface area (Å²) in [7, 11) is 0. The number of aliphatic imine (C=N–C) groups is 1. The van der Waals surface area contributed by atoms with Crippen LogP contribution in [0.1, 0.15) is 6.92 Å². The van der Waals surface area contributed by atoms with E-state index in [4.69, 9.17) is 0 Å². The predicted molar refractivity (Wildman–Crippen MR) is 50.8 cm³/mol. The second kappa shape index (κ2) is 5.30. The summed E-state index contributed by atoms with van der Waals surface area (Å²) in [5, 5.41) is 1.09. The Balaban J connectivity index is 3.71. The van der Waals surface area contributed by atoms with E-state index in [9.17, 15) is 0 Å². The number of rotatable bonds is 3. The molecule has 0 aliphatic rings. The standard InChI is InChI=1S/C8H13NS/c1-5-7(2)6-9-8(3)10-4/h5H,1-2,6H2,3-4H3. The Bertz CT molecular complexity index is 159. The van der Waals surface area contributed by atoms with Gasteiger partial charge in [0.1, 0.15) is 0 Å². The molecule has 0 aromatic carbocycles. The van der Waals surface area contributed by atoms with Crippen molar-refractivity contribution in [2.75, 3.05) is 12.8 Å².